The van der Waals surface area contributed by atoms with Gasteiger partial charge in [-0.25, -0.2) is 4.98 Å². The van der Waals surface area contributed by atoms with Gasteiger partial charge in [-0.15, -0.1) is 35.3 Å². The summed E-state index contributed by atoms with van der Waals surface area (Å²) in [4.78, 5) is 8.70. The van der Waals surface area contributed by atoms with Gasteiger partial charge < -0.3 is 15.4 Å². The highest BCUT2D eigenvalue weighted by Crippen LogP contribution is 2.09. The van der Waals surface area contributed by atoms with E-state index in [2.05, 4.69) is 32.9 Å². The molecular formula is C13H25IN4OS. The molecule has 0 aliphatic heterocycles. The molecule has 0 saturated carbocycles. The number of rotatable bonds is 8. The Morgan fingerprint density at radius 3 is 2.70 bits per heavy atom. The first-order valence-electron chi connectivity index (χ1n) is 6.75. The summed E-state index contributed by atoms with van der Waals surface area (Å²) in [6.45, 7) is 7.17. The second-order valence-electron chi connectivity index (χ2n) is 3.96. The lowest BCUT2D eigenvalue weighted by atomic mass is 10.3. The monoisotopic (exact) mass is 412 g/mol. The predicted molar refractivity (Wildman–Crippen MR) is 96.5 cm³/mol. The molecule has 0 aromatic carbocycles. The van der Waals surface area contributed by atoms with Crippen LogP contribution in [0.5, 0.6) is 0 Å². The van der Waals surface area contributed by atoms with Gasteiger partial charge in [0.25, 0.3) is 0 Å². The summed E-state index contributed by atoms with van der Waals surface area (Å²) >= 11 is 1.73. The number of ether oxygens (including phenoxy) is 1. The molecule has 1 heterocycles. The second kappa shape index (κ2) is 12.3. The third-order valence-electron chi connectivity index (χ3n) is 2.54. The number of aliphatic imine (C=N–C) groups is 1. The van der Waals surface area contributed by atoms with Gasteiger partial charge in [-0.1, -0.05) is 6.92 Å². The van der Waals surface area contributed by atoms with Crippen molar-refractivity contribution in [2.24, 2.45) is 4.99 Å². The molecule has 0 saturated heterocycles. The highest BCUT2D eigenvalue weighted by Gasteiger charge is 2.01. The van der Waals surface area contributed by atoms with Crippen molar-refractivity contribution in [3.05, 3.63) is 16.1 Å². The number of nitrogens with zero attached hydrogens (tertiary/aromatic N) is 2. The molecule has 5 nitrogen and oxygen atoms in total. The Hall–Kier alpha value is -0.410. The zero-order valence-corrected chi connectivity index (χ0v) is 15.6. The van der Waals surface area contributed by atoms with Crippen LogP contribution in [0.3, 0.4) is 0 Å². The topological polar surface area (TPSA) is 58.5 Å². The Morgan fingerprint density at radius 2 is 2.10 bits per heavy atom. The Bertz CT molecular complexity index is 384. The van der Waals surface area contributed by atoms with Crippen molar-refractivity contribution in [3.8, 4) is 0 Å². The van der Waals surface area contributed by atoms with Gasteiger partial charge in [0.05, 0.1) is 17.3 Å². The molecule has 1 aromatic rings. The van der Waals surface area contributed by atoms with Crippen molar-refractivity contribution in [3.63, 3.8) is 0 Å². The molecule has 0 radical (unpaired) electrons. The number of halogens is 1. The molecule has 0 bridgehead atoms. The van der Waals surface area contributed by atoms with Crippen LogP contribution < -0.4 is 10.6 Å². The van der Waals surface area contributed by atoms with Crippen molar-refractivity contribution in [1.82, 2.24) is 15.6 Å². The standard InChI is InChI=1S/C13H24N4OS.HI/c1-4-12-17-11(10-19-12)6-7-15-13(14-3)16-8-9-18-5-2;/h10H,4-9H2,1-3H3,(H2,14,15,16);1H. The van der Waals surface area contributed by atoms with Crippen LogP contribution >= 0.6 is 35.3 Å². The highest BCUT2D eigenvalue weighted by atomic mass is 127. The molecule has 1 aromatic heterocycles. The number of hydrogen-bond donors (Lipinski definition) is 2. The molecule has 7 heteroatoms. The van der Waals surface area contributed by atoms with E-state index < -0.39 is 0 Å². The molecule has 0 spiro atoms. The minimum atomic E-state index is 0. The Labute approximate surface area is 142 Å². The van der Waals surface area contributed by atoms with Crippen LogP contribution in [-0.4, -0.2) is 44.3 Å². The zero-order chi connectivity index (χ0) is 13.9. The maximum absolute atomic E-state index is 5.26. The van der Waals surface area contributed by atoms with Crippen molar-refractivity contribution in [2.75, 3.05) is 33.4 Å². The lowest BCUT2D eigenvalue weighted by molar-refractivity contribution is 0.152. The minimum absolute atomic E-state index is 0. The molecule has 0 amide bonds. The molecular weight excluding hydrogens is 387 g/mol. The molecule has 20 heavy (non-hydrogen) atoms. The van der Waals surface area contributed by atoms with Crippen molar-refractivity contribution in [2.45, 2.75) is 26.7 Å². The normalized spacial score (nSPS) is 11.1. The van der Waals surface area contributed by atoms with E-state index in [9.17, 15) is 0 Å². The summed E-state index contributed by atoms with van der Waals surface area (Å²) in [5, 5.41) is 9.81. The summed E-state index contributed by atoms with van der Waals surface area (Å²) in [6.07, 6.45) is 1.93. The smallest absolute Gasteiger partial charge is 0.191 e. The third kappa shape index (κ3) is 8.01. The number of thiazole rings is 1. The van der Waals surface area contributed by atoms with Gasteiger partial charge in [0.1, 0.15) is 0 Å². The van der Waals surface area contributed by atoms with Crippen LogP contribution in [0.1, 0.15) is 24.5 Å². The average Bonchev–Trinajstić information content (AvgIpc) is 2.89. The molecule has 0 fully saturated rings. The van der Waals surface area contributed by atoms with Gasteiger partial charge in [0.15, 0.2) is 5.96 Å². The Kier molecular flexibility index (Phi) is 12.1. The van der Waals surface area contributed by atoms with Crippen molar-refractivity contribution in [1.29, 1.82) is 0 Å². The van der Waals surface area contributed by atoms with E-state index in [-0.39, 0.29) is 24.0 Å². The number of aryl methyl sites for hydroxylation is 1. The van der Waals surface area contributed by atoms with Crippen LogP contribution in [0.4, 0.5) is 0 Å². The SMILES string of the molecule is CCOCCNC(=NC)NCCc1csc(CC)n1.I. The van der Waals surface area contributed by atoms with E-state index in [1.165, 1.54) is 5.01 Å². The number of guanidine groups is 1. The van der Waals surface area contributed by atoms with Gasteiger partial charge in [0.2, 0.25) is 0 Å². The lowest BCUT2D eigenvalue weighted by Crippen LogP contribution is -2.39. The first-order chi connectivity index (χ1) is 9.30. The van der Waals surface area contributed by atoms with E-state index in [1.807, 2.05) is 6.92 Å². The fourth-order valence-electron chi connectivity index (χ4n) is 1.54. The average molecular weight is 412 g/mol. The van der Waals surface area contributed by atoms with Gasteiger partial charge in [0, 0.05) is 38.5 Å². The van der Waals surface area contributed by atoms with Crippen LogP contribution in [0.15, 0.2) is 10.4 Å². The maximum atomic E-state index is 5.26. The van der Waals surface area contributed by atoms with Crippen LogP contribution in [-0.2, 0) is 17.6 Å². The van der Waals surface area contributed by atoms with E-state index in [4.69, 9.17) is 4.74 Å². The molecule has 2 N–H and O–H groups in total. The van der Waals surface area contributed by atoms with Gasteiger partial charge in [-0.3, -0.25) is 4.99 Å². The predicted octanol–water partition coefficient (Wildman–Crippen LogP) is 2.07. The van der Waals surface area contributed by atoms with Crippen LogP contribution in [0, 0.1) is 0 Å². The molecule has 116 valence electrons. The Morgan fingerprint density at radius 1 is 1.35 bits per heavy atom. The summed E-state index contributed by atoms with van der Waals surface area (Å²) < 4.78 is 5.26. The lowest BCUT2D eigenvalue weighted by Gasteiger charge is -2.11. The van der Waals surface area contributed by atoms with Gasteiger partial charge in [-0.05, 0) is 13.3 Å². The maximum Gasteiger partial charge on any atom is 0.191 e. The molecule has 0 aliphatic carbocycles. The fourth-order valence-corrected chi connectivity index (χ4v) is 2.32. The molecule has 1 rings (SSSR count). The van der Waals surface area contributed by atoms with Crippen molar-refractivity contribution >= 4 is 41.3 Å². The largest absolute Gasteiger partial charge is 0.380 e. The Balaban J connectivity index is 0.00000361. The fraction of sp³-hybridized carbons (Fsp3) is 0.692. The summed E-state index contributed by atoms with van der Waals surface area (Å²) in [5.41, 5.74) is 1.15. The second-order valence-corrected chi connectivity index (χ2v) is 4.90. The van der Waals surface area contributed by atoms with E-state index >= 15 is 0 Å². The quantitative estimate of drug-likeness (QED) is 0.297. The summed E-state index contributed by atoms with van der Waals surface area (Å²) in [5.74, 6) is 0.811. The first kappa shape index (κ1) is 19.6. The molecule has 0 atom stereocenters. The molecule has 0 unspecified atom stereocenters. The number of hydrogen-bond acceptors (Lipinski definition) is 4. The van der Waals surface area contributed by atoms with Crippen LogP contribution in [0.2, 0.25) is 0 Å². The van der Waals surface area contributed by atoms with E-state index in [0.29, 0.717) is 6.61 Å². The summed E-state index contributed by atoms with van der Waals surface area (Å²) in [7, 11) is 1.77. The summed E-state index contributed by atoms with van der Waals surface area (Å²) in [6, 6.07) is 0. The number of aromatic nitrogens is 1. The minimum Gasteiger partial charge on any atom is -0.380 e. The van der Waals surface area contributed by atoms with Crippen LogP contribution in [0.25, 0.3) is 0 Å². The van der Waals surface area contributed by atoms with E-state index in [1.54, 1.807) is 18.4 Å². The zero-order valence-electron chi connectivity index (χ0n) is 12.4. The third-order valence-corrected chi connectivity index (χ3v) is 3.58. The van der Waals surface area contributed by atoms with Gasteiger partial charge in [-0.2, -0.15) is 0 Å². The van der Waals surface area contributed by atoms with Crippen molar-refractivity contribution < 1.29 is 4.74 Å². The number of nitrogens with one attached hydrogen (secondary N) is 2. The van der Waals surface area contributed by atoms with Gasteiger partial charge >= 0.3 is 0 Å². The first-order valence-corrected chi connectivity index (χ1v) is 7.63. The highest BCUT2D eigenvalue weighted by molar-refractivity contribution is 14.0. The molecule has 0 aliphatic rings. The van der Waals surface area contributed by atoms with E-state index in [0.717, 1.165) is 44.2 Å².